The summed E-state index contributed by atoms with van der Waals surface area (Å²) in [5, 5.41) is 0. The van der Waals surface area contributed by atoms with E-state index in [0.29, 0.717) is 0 Å². The van der Waals surface area contributed by atoms with Gasteiger partial charge in [-0.2, -0.15) is 0 Å². The zero-order chi connectivity index (χ0) is 11.4. The molecular weight excluding hydrogens is 196 g/mol. The van der Waals surface area contributed by atoms with Gasteiger partial charge in [-0.15, -0.1) is 0 Å². The largest absolute Gasteiger partial charge is 0.299 e. The first kappa shape index (κ1) is 11.6. The van der Waals surface area contributed by atoms with Crippen molar-refractivity contribution in [3.8, 4) is 0 Å². The van der Waals surface area contributed by atoms with E-state index in [1.165, 1.54) is 31.2 Å². The number of nitrogens with zero attached hydrogens (tertiary/aromatic N) is 2. The van der Waals surface area contributed by atoms with Gasteiger partial charge in [0, 0.05) is 25.0 Å². The quantitative estimate of drug-likeness (QED) is 0.775. The molecule has 1 aliphatic rings. The van der Waals surface area contributed by atoms with Crippen LogP contribution in [-0.2, 0) is 6.54 Å². The van der Waals surface area contributed by atoms with E-state index >= 15 is 0 Å². The van der Waals surface area contributed by atoms with E-state index in [-0.39, 0.29) is 0 Å². The summed E-state index contributed by atoms with van der Waals surface area (Å²) >= 11 is 0. The molecule has 2 nitrogen and oxygen atoms in total. The summed E-state index contributed by atoms with van der Waals surface area (Å²) in [5.41, 5.74) is 1.32. The molecule has 2 heteroatoms. The van der Waals surface area contributed by atoms with Crippen LogP contribution in [0, 0.1) is 5.92 Å². The van der Waals surface area contributed by atoms with Crippen molar-refractivity contribution in [1.29, 1.82) is 0 Å². The van der Waals surface area contributed by atoms with Gasteiger partial charge < -0.3 is 0 Å². The molecule has 0 aliphatic heterocycles. The van der Waals surface area contributed by atoms with Gasteiger partial charge >= 0.3 is 0 Å². The van der Waals surface area contributed by atoms with Gasteiger partial charge in [-0.05, 0) is 50.3 Å². The van der Waals surface area contributed by atoms with Crippen molar-refractivity contribution >= 4 is 0 Å². The van der Waals surface area contributed by atoms with Crippen molar-refractivity contribution in [3.63, 3.8) is 0 Å². The topological polar surface area (TPSA) is 16.1 Å². The number of rotatable bonds is 3. The van der Waals surface area contributed by atoms with E-state index in [2.05, 4.69) is 29.9 Å². The Morgan fingerprint density at radius 1 is 1.31 bits per heavy atom. The van der Waals surface area contributed by atoms with Gasteiger partial charge in [0.05, 0.1) is 0 Å². The standard InChI is InChI=1S/C14H22N2/c1-12-5-7-14(8-6-12)16(2)11-13-4-3-9-15-10-13/h3-4,9-10,12,14H,5-8,11H2,1-2H3. The summed E-state index contributed by atoms with van der Waals surface area (Å²) < 4.78 is 0. The Morgan fingerprint density at radius 2 is 2.06 bits per heavy atom. The number of aromatic nitrogens is 1. The van der Waals surface area contributed by atoms with Gasteiger partial charge in [-0.1, -0.05) is 13.0 Å². The third-order valence-corrected chi connectivity index (χ3v) is 3.76. The number of pyridine rings is 1. The van der Waals surface area contributed by atoms with Gasteiger partial charge in [0.25, 0.3) is 0 Å². The van der Waals surface area contributed by atoms with Crippen LogP contribution >= 0.6 is 0 Å². The molecule has 1 heterocycles. The monoisotopic (exact) mass is 218 g/mol. The fourth-order valence-electron chi connectivity index (χ4n) is 2.59. The predicted molar refractivity (Wildman–Crippen MR) is 67.1 cm³/mol. The molecule has 1 fully saturated rings. The van der Waals surface area contributed by atoms with Gasteiger partial charge in [0.2, 0.25) is 0 Å². The SMILES string of the molecule is CC1CCC(N(C)Cc2cccnc2)CC1. The average molecular weight is 218 g/mol. The van der Waals surface area contributed by atoms with Crippen molar-refractivity contribution in [2.75, 3.05) is 7.05 Å². The molecule has 0 bridgehead atoms. The summed E-state index contributed by atoms with van der Waals surface area (Å²) in [6, 6.07) is 4.96. The average Bonchev–Trinajstić information content (AvgIpc) is 2.31. The summed E-state index contributed by atoms with van der Waals surface area (Å²) in [7, 11) is 2.24. The molecule has 1 saturated carbocycles. The van der Waals surface area contributed by atoms with E-state index in [4.69, 9.17) is 0 Å². The minimum atomic E-state index is 0.774. The summed E-state index contributed by atoms with van der Waals surface area (Å²) in [6.45, 7) is 3.41. The van der Waals surface area contributed by atoms with E-state index in [1.54, 1.807) is 0 Å². The highest BCUT2D eigenvalue weighted by Gasteiger charge is 2.21. The molecule has 16 heavy (non-hydrogen) atoms. The van der Waals surface area contributed by atoms with E-state index in [1.807, 2.05) is 18.5 Å². The Labute approximate surface area is 98.7 Å². The molecule has 2 rings (SSSR count). The van der Waals surface area contributed by atoms with Crippen LogP contribution in [0.1, 0.15) is 38.2 Å². The van der Waals surface area contributed by atoms with Crippen LogP contribution in [-0.4, -0.2) is 23.0 Å². The molecule has 0 N–H and O–H groups in total. The lowest BCUT2D eigenvalue weighted by atomic mass is 9.86. The molecule has 0 amide bonds. The molecule has 0 spiro atoms. The van der Waals surface area contributed by atoms with Crippen molar-refractivity contribution in [2.24, 2.45) is 5.92 Å². The van der Waals surface area contributed by atoms with Crippen molar-refractivity contribution in [1.82, 2.24) is 9.88 Å². The second-order valence-corrected chi connectivity index (χ2v) is 5.19. The predicted octanol–water partition coefficient (Wildman–Crippen LogP) is 3.09. The number of hydrogen-bond acceptors (Lipinski definition) is 2. The third kappa shape index (κ3) is 3.05. The minimum Gasteiger partial charge on any atom is -0.299 e. The van der Waals surface area contributed by atoms with Crippen LogP contribution in [0.5, 0.6) is 0 Å². The first-order chi connectivity index (χ1) is 7.75. The molecule has 1 aromatic heterocycles. The summed E-state index contributed by atoms with van der Waals surface area (Å²) in [5.74, 6) is 0.933. The molecule has 0 radical (unpaired) electrons. The van der Waals surface area contributed by atoms with E-state index in [0.717, 1.165) is 18.5 Å². The Bertz CT molecular complexity index is 302. The second-order valence-electron chi connectivity index (χ2n) is 5.19. The first-order valence-electron chi connectivity index (χ1n) is 6.35. The second kappa shape index (κ2) is 5.44. The maximum atomic E-state index is 4.17. The lowest BCUT2D eigenvalue weighted by Gasteiger charge is -2.33. The van der Waals surface area contributed by atoms with E-state index < -0.39 is 0 Å². The first-order valence-corrected chi connectivity index (χ1v) is 6.35. The highest BCUT2D eigenvalue weighted by atomic mass is 15.1. The molecule has 1 aromatic rings. The van der Waals surface area contributed by atoms with Crippen LogP contribution in [0.25, 0.3) is 0 Å². The van der Waals surface area contributed by atoms with Crippen LogP contribution < -0.4 is 0 Å². The maximum Gasteiger partial charge on any atom is 0.0312 e. The van der Waals surface area contributed by atoms with Crippen molar-refractivity contribution in [2.45, 2.75) is 45.2 Å². The highest BCUT2D eigenvalue weighted by Crippen LogP contribution is 2.27. The van der Waals surface area contributed by atoms with Crippen molar-refractivity contribution in [3.05, 3.63) is 30.1 Å². The Morgan fingerprint density at radius 3 is 2.69 bits per heavy atom. The lowest BCUT2D eigenvalue weighted by Crippen LogP contribution is -2.34. The normalized spacial score (nSPS) is 25.9. The fraction of sp³-hybridized carbons (Fsp3) is 0.643. The maximum absolute atomic E-state index is 4.17. The molecule has 1 aliphatic carbocycles. The van der Waals surface area contributed by atoms with Gasteiger partial charge in [0.15, 0.2) is 0 Å². The molecule has 0 atom stereocenters. The summed E-state index contributed by atoms with van der Waals surface area (Å²) in [6.07, 6.45) is 9.31. The molecule has 0 aromatic carbocycles. The minimum absolute atomic E-state index is 0.774. The highest BCUT2D eigenvalue weighted by molar-refractivity contribution is 5.08. The smallest absolute Gasteiger partial charge is 0.0312 e. The Balaban J connectivity index is 1.86. The van der Waals surface area contributed by atoms with Crippen molar-refractivity contribution < 1.29 is 0 Å². The molecular formula is C14H22N2. The molecule has 0 unspecified atom stereocenters. The Kier molecular flexibility index (Phi) is 3.94. The Hall–Kier alpha value is -0.890. The zero-order valence-corrected chi connectivity index (χ0v) is 10.4. The van der Waals surface area contributed by atoms with Crippen LogP contribution in [0.3, 0.4) is 0 Å². The fourth-order valence-corrected chi connectivity index (χ4v) is 2.59. The van der Waals surface area contributed by atoms with Gasteiger partial charge in [0.1, 0.15) is 0 Å². The lowest BCUT2D eigenvalue weighted by molar-refractivity contribution is 0.164. The number of hydrogen-bond donors (Lipinski definition) is 0. The van der Waals surface area contributed by atoms with Gasteiger partial charge in [-0.25, -0.2) is 0 Å². The molecule has 88 valence electrons. The zero-order valence-electron chi connectivity index (χ0n) is 10.4. The van der Waals surface area contributed by atoms with E-state index in [9.17, 15) is 0 Å². The van der Waals surface area contributed by atoms with Crippen LogP contribution in [0.4, 0.5) is 0 Å². The van der Waals surface area contributed by atoms with Gasteiger partial charge in [-0.3, -0.25) is 9.88 Å². The summed E-state index contributed by atoms with van der Waals surface area (Å²) in [4.78, 5) is 6.66. The van der Waals surface area contributed by atoms with Crippen LogP contribution in [0.15, 0.2) is 24.5 Å². The third-order valence-electron chi connectivity index (χ3n) is 3.76. The van der Waals surface area contributed by atoms with Crippen LogP contribution in [0.2, 0.25) is 0 Å². The molecule has 0 saturated heterocycles.